The fourth-order valence-corrected chi connectivity index (χ4v) is 6.69. The number of hydrogen-bond acceptors (Lipinski definition) is 5. The van der Waals surface area contributed by atoms with Crippen molar-refractivity contribution in [1.29, 1.82) is 0 Å². The van der Waals surface area contributed by atoms with Crippen molar-refractivity contribution < 1.29 is 4.74 Å². The van der Waals surface area contributed by atoms with Gasteiger partial charge < -0.3 is 4.74 Å². The van der Waals surface area contributed by atoms with E-state index in [4.69, 9.17) is 19.7 Å². The van der Waals surface area contributed by atoms with Crippen molar-refractivity contribution in [3.8, 4) is 34.0 Å². The summed E-state index contributed by atoms with van der Waals surface area (Å²) in [5, 5.41) is 0. The Labute approximate surface area is 277 Å². The van der Waals surface area contributed by atoms with Crippen molar-refractivity contribution in [2.75, 3.05) is 4.90 Å². The van der Waals surface area contributed by atoms with Crippen molar-refractivity contribution >= 4 is 40.3 Å². The highest BCUT2D eigenvalue weighted by molar-refractivity contribution is 6.99. The summed E-state index contributed by atoms with van der Waals surface area (Å²) in [6.07, 6.45) is 1.92. The maximum Gasteiger partial charge on any atom is 0.260 e. The lowest BCUT2D eigenvalue weighted by Gasteiger charge is -2.39. The van der Waals surface area contributed by atoms with Crippen molar-refractivity contribution in [3.05, 3.63) is 127 Å². The third-order valence-corrected chi connectivity index (χ3v) is 9.21. The predicted octanol–water partition coefficient (Wildman–Crippen LogP) is 8.21. The second-order valence-corrected chi connectivity index (χ2v) is 14.6. The fourth-order valence-electron chi connectivity index (χ4n) is 6.69. The molecule has 6 heteroatoms. The van der Waals surface area contributed by atoms with Gasteiger partial charge in [0.15, 0.2) is 0 Å². The molecule has 4 heterocycles. The molecule has 0 atom stereocenters. The summed E-state index contributed by atoms with van der Waals surface area (Å²) in [7, 11) is 0. The Morgan fingerprint density at radius 2 is 1.34 bits per heavy atom. The van der Waals surface area contributed by atoms with Crippen LogP contribution in [0.2, 0.25) is 0 Å². The summed E-state index contributed by atoms with van der Waals surface area (Å²) in [6.45, 7) is 13.0. The zero-order chi connectivity index (χ0) is 32.5. The Bertz CT molecular complexity index is 2150. The van der Waals surface area contributed by atoms with Gasteiger partial charge in [0, 0.05) is 28.4 Å². The van der Waals surface area contributed by atoms with E-state index in [1.807, 2.05) is 6.20 Å². The van der Waals surface area contributed by atoms with E-state index >= 15 is 0 Å². The maximum atomic E-state index is 6.74. The third-order valence-electron chi connectivity index (χ3n) is 9.21. The molecule has 8 rings (SSSR count). The van der Waals surface area contributed by atoms with Gasteiger partial charge in [-0.05, 0) is 81.1 Å². The van der Waals surface area contributed by atoms with Gasteiger partial charge in [0.05, 0.1) is 5.69 Å². The van der Waals surface area contributed by atoms with Crippen molar-refractivity contribution in [2.24, 2.45) is 0 Å². The van der Waals surface area contributed by atoms with Crippen molar-refractivity contribution in [3.63, 3.8) is 0 Å². The first-order valence-corrected chi connectivity index (χ1v) is 16.3. The lowest BCUT2D eigenvalue weighted by Crippen LogP contribution is -2.60. The lowest BCUT2D eigenvalue weighted by atomic mass is 9.34. The Hall–Kier alpha value is -5.23. The molecule has 2 aliphatic heterocycles. The smallest absolute Gasteiger partial charge is 0.260 e. The summed E-state index contributed by atoms with van der Waals surface area (Å²) in [5.74, 6) is 3.04. The molecule has 2 aliphatic rings. The normalized spacial score (nSPS) is 13.4. The van der Waals surface area contributed by atoms with Gasteiger partial charge in [-0.25, -0.2) is 4.98 Å². The highest BCUT2D eigenvalue weighted by Crippen LogP contribution is 2.41. The number of hydrogen-bond donors (Lipinski definition) is 0. The average Bonchev–Trinajstić information content (AvgIpc) is 3.07. The van der Waals surface area contributed by atoms with Gasteiger partial charge in [0.1, 0.15) is 17.4 Å². The fraction of sp³-hybridized carbons (Fsp3) is 0.195. The van der Waals surface area contributed by atoms with E-state index < -0.39 is 0 Å². The third kappa shape index (κ3) is 5.00. The SMILES string of the molecule is CC(C)(C)c1ccnc(-c2ccc3c(c2)B2c4cc(-c5ccccc5)ccc4N(c4ccccc4)c4nc(C(C)(C)C)nc(c42)O3)c1. The van der Waals surface area contributed by atoms with E-state index in [-0.39, 0.29) is 17.5 Å². The molecular weight excluding hydrogens is 575 g/mol. The molecule has 230 valence electrons. The van der Waals surface area contributed by atoms with Crippen LogP contribution in [0.25, 0.3) is 22.4 Å². The minimum atomic E-state index is -0.280. The van der Waals surface area contributed by atoms with Crippen LogP contribution in [-0.4, -0.2) is 21.7 Å². The molecule has 5 nitrogen and oxygen atoms in total. The molecule has 47 heavy (non-hydrogen) atoms. The first-order valence-electron chi connectivity index (χ1n) is 16.3. The predicted molar refractivity (Wildman–Crippen MR) is 194 cm³/mol. The molecule has 0 bridgehead atoms. The monoisotopic (exact) mass is 612 g/mol. The molecule has 0 aliphatic carbocycles. The topological polar surface area (TPSA) is 51.1 Å². The molecule has 0 fully saturated rings. The molecule has 0 radical (unpaired) electrons. The van der Waals surface area contributed by atoms with Gasteiger partial charge in [-0.3, -0.25) is 9.88 Å². The van der Waals surface area contributed by atoms with E-state index in [1.165, 1.54) is 22.2 Å². The van der Waals surface area contributed by atoms with Gasteiger partial charge in [-0.15, -0.1) is 0 Å². The standard InChI is InChI=1S/C41H37BN4O/c1-40(2,3)29-21-22-43-33(25-29)28-18-20-35-32(24-28)42-31-23-27(26-13-9-7-10-14-26)17-19-34(31)46(30-15-11-8-12-16-30)37-36(42)38(47-35)45-39(44-37)41(4,5)6/h7-25H,1-6H3. The summed E-state index contributed by atoms with van der Waals surface area (Å²) < 4.78 is 6.74. The summed E-state index contributed by atoms with van der Waals surface area (Å²) in [5.41, 5.74) is 10.7. The van der Waals surface area contributed by atoms with Gasteiger partial charge >= 0.3 is 0 Å². The maximum absolute atomic E-state index is 6.74. The first-order chi connectivity index (χ1) is 22.6. The molecule has 6 aromatic rings. The van der Waals surface area contributed by atoms with E-state index in [0.29, 0.717) is 5.88 Å². The van der Waals surface area contributed by atoms with Gasteiger partial charge in [0.2, 0.25) is 5.88 Å². The second kappa shape index (κ2) is 10.7. The van der Waals surface area contributed by atoms with E-state index in [9.17, 15) is 0 Å². The largest absolute Gasteiger partial charge is 0.440 e. The summed E-state index contributed by atoms with van der Waals surface area (Å²) in [4.78, 5) is 17.5. The molecule has 4 aromatic carbocycles. The van der Waals surface area contributed by atoms with Crippen molar-refractivity contribution in [2.45, 2.75) is 52.4 Å². The van der Waals surface area contributed by atoms with Crippen LogP contribution in [0.5, 0.6) is 11.6 Å². The van der Waals surface area contributed by atoms with Gasteiger partial charge in [-0.1, -0.05) is 108 Å². The number of ether oxygens (including phenoxy) is 1. The first kappa shape index (κ1) is 29.2. The number of rotatable bonds is 3. The van der Waals surface area contributed by atoms with E-state index in [2.05, 4.69) is 156 Å². The van der Waals surface area contributed by atoms with Crippen LogP contribution in [0.4, 0.5) is 17.2 Å². The zero-order valence-corrected chi connectivity index (χ0v) is 27.7. The van der Waals surface area contributed by atoms with Crippen molar-refractivity contribution in [1.82, 2.24) is 15.0 Å². The lowest BCUT2D eigenvalue weighted by molar-refractivity contribution is 0.450. The average molecular weight is 613 g/mol. The molecule has 0 saturated carbocycles. The molecule has 0 spiro atoms. The number of aromatic nitrogens is 3. The molecule has 0 unspecified atom stereocenters. The van der Waals surface area contributed by atoms with Crippen LogP contribution in [-0.2, 0) is 10.8 Å². The Morgan fingerprint density at radius 3 is 2.06 bits per heavy atom. The quantitative estimate of drug-likeness (QED) is 0.188. The second-order valence-electron chi connectivity index (χ2n) is 14.6. The molecule has 0 amide bonds. The number of pyridine rings is 1. The van der Waals surface area contributed by atoms with E-state index in [1.54, 1.807) is 0 Å². The zero-order valence-electron chi connectivity index (χ0n) is 27.7. The molecular formula is C41H37BN4O. The van der Waals surface area contributed by atoms with Crippen LogP contribution in [0.1, 0.15) is 52.9 Å². The minimum Gasteiger partial charge on any atom is -0.440 e. The van der Waals surface area contributed by atoms with Gasteiger partial charge in [-0.2, -0.15) is 4.98 Å². The Kier molecular flexibility index (Phi) is 6.62. The Morgan fingerprint density at radius 1 is 0.638 bits per heavy atom. The van der Waals surface area contributed by atoms with E-state index in [0.717, 1.165) is 50.9 Å². The van der Waals surface area contributed by atoms with Crippen LogP contribution >= 0.6 is 0 Å². The Balaban J connectivity index is 1.41. The molecule has 0 saturated heterocycles. The number of fused-ring (bicyclic) bond motifs is 4. The highest BCUT2D eigenvalue weighted by Gasteiger charge is 2.44. The number of anilines is 3. The number of para-hydroxylation sites is 1. The molecule has 2 aromatic heterocycles. The number of benzene rings is 4. The highest BCUT2D eigenvalue weighted by atomic mass is 16.5. The van der Waals surface area contributed by atoms with Crippen LogP contribution < -0.4 is 26.0 Å². The van der Waals surface area contributed by atoms with Crippen LogP contribution in [0, 0.1) is 0 Å². The van der Waals surface area contributed by atoms with Gasteiger partial charge in [0.25, 0.3) is 6.71 Å². The number of nitrogens with zero attached hydrogens (tertiary/aromatic N) is 4. The van der Waals surface area contributed by atoms with Crippen LogP contribution in [0.3, 0.4) is 0 Å². The van der Waals surface area contributed by atoms with Crippen LogP contribution in [0.15, 0.2) is 115 Å². The molecule has 0 N–H and O–H groups in total. The summed E-state index contributed by atoms with van der Waals surface area (Å²) >= 11 is 0. The minimum absolute atomic E-state index is 0.0159. The summed E-state index contributed by atoms with van der Waals surface area (Å²) in [6, 6.07) is 38.7.